The number of nitrogens with one attached hydrogen (secondary N) is 1. The lowest BCUT2D eigenvalue weighted by atomic mass is 10.1. The number of nitro benzene ring substituents is 1. The van der Waals surface area contributed by atoms with Gasteiger partial charge in [-0.05, 0) is 32.9 Å². The first-order valence-electron chi connectivity index (χ1n) is 6.53. The standard InChI is InChI=1S/C14H16N4O4/c1-14(2,3)17-7-6-12(16-17)15-13(20)9-4-5-10(18(21)22)11(19)8-9/h4-8,19H,1-3H3,(H,15,16,20). The van der Waals surface area contributed by atoms with Crippen molar-refractivity contribution in [2.24, 2.45) is 0 Å². The van der Waals surface area contributed by atoms with Gasteiger partial charge in [0.15, 0.2) is 11.6 Å². The molecule has 8 heteroatoms. The van der Waals surface area contributed by atoms with Gasteiger partial charge in [0.2, 0.25) is 0 Å². The first-order chi connectivity index (χ1) is 10.2. The molecule has 1 heterocycles. The lowest BCUT2D eigenvalue weighted by Gasteiger charge is -2.18. The summed E-state index contributed by atoms with van der Waals surface area (Å²) in [5.41, 5.74) is -0.559. The van der Waals surface area contributed by atoms with Crippen LogP contribution in [-0.4, -0.2) is 25.7 Å². The molecule has 2 aromatic rings. The van der Waals surface area contributed by atoms with E-state index in [9.17, 15) is 20.0 Å². The molecule has 0 aliphatic rings. The van der Waals surface area contributed by atoms with E-state index in [1.54, 1.807) is 16.9 Å². The molecule has 0 saturated heterocycles. The fourth-order valence-corrected chi connectivity index (χ4v) is 1.77. The van der Waals surface area contributed by atoms with Crippen LogP contribution in [0.5, 0.6) is 5.75 Å². The average Bonchev–Trinajstić information content (AvgIpc) is 2.86. The Hall–Kier alpha value is -2.90. The van der Waals surface area contributed by atoms with E-state index < -0.39 is 22.3 Å². The Labute approximate surface area is 126 Å². The molecule has 22 heavy (non-hydrogen) atoms. The Morgan fingerprint density at radius 2 is 2.05 bits per heavy atom. The summed E-state index contributed by atoms with van der Waals surface area (Å²) in [6.45, 7) is 5.92. The van der Waals surface area contributed by atoms with Gasteiger partial charge >= 0.3 is 5.69 Å². The van der Waals surface area contributed by atoms with Crippen LogP contribution < -0.4 is 5.32 Å². The number of rotatable bonds is 3. The summed E-state index contributed by atoms with van der Waals surface area (Å²) in [4.78, 5) is 22.0. The third-order valence-electron chi connectivity index (χ3n) is 2.95. The van der Waals surface area contributed by atoms with Gasteiger partial charge in [-0.2, -0.15) is 5.10 Å². The summed E-state index contributed by atoms with van der Waals surface area (Å²) in [6.07, 6.45) is 1.74. The molecule has 0 atom stereocenters. The summed E-state index contributed by atoms with van der Waals surface area (Å²) in [5.74, 6) is -0.708. The van der Waals surface area contributed by atoms with Gasteiger partial charge in [-0.1, -0.05) is 0 Å². The van der Waals surface area contributed by atoms with Gasteiger partial charge in [-0.3, -0.25) is 19.6 Å². The Balaban J connectivity index is 2.17. The molecule has 2 N–H and O–H groups in total. The van der Waals surface area contributed by atoms with Crippen molar-refractivity contribution < 1.29 is 14.8 Å². The van der Waals surface area contributed by atoms with Gasteiger partial charge in [0.25, 0.3) is 5.91 Å². The minimum Gasteiger partial charge on any atom is -0.502 e. The van der Waals surface area contributed by atoms with E-state index in [-0.39, 0.29) is 11.1 Å². The molecule has 0 unspecified atom stereocenters. The van der Waals surface area contributed by atoms with Crippen LogP contribution in [0.4, 0.5) is 11.5 Å². The summed E-state index contributed by atoms with van der Waals surface area (Å²) >= 11 is 0. The molecule has 0 radical (unpaired) electrons. The molecule has 1 aromatic heterocycles. The zero-order valence-electron chi connectivity index (χ0n) is 12.4. The average molecular weight is 304 g/mol. The summed E-state index contributed by atoms with van der Waals surface area (Å²) < 4.78 is 1.70. The highest BCUT2D eigenvalue weighted by molar-refractivity contribution is 6.04. The smallest absolute Gasteiger partial charge is 0.310 e. The van der Waals surface area contributed by atoms with E-state index in [1.807, 2.05) is 20.8 Å². The van der Waals surface area contributed by atoms with Gasteiger partial charge in [0.1, 0.15) is 0 Å². The number of nitrogens with zero attached hydrogens (tertiary/aromatic N) is 3. The van der Waals surface area contributed by atoms with Crippen molar-refractivity contribution in [3.8, 4) is 5.75 Å². The van der Waals surface area contributed by atoms with Crippen LogP contribution in [0, 0.1) is 10.1 Å². The van der Waals surface area contributed by atoms with Crippen LogP contribution in [-0.2, 0) is 5.54 Å². The maximum absolute atomic E-state index is 12.1. The number of carbonyl (C=O) groups excluding carboxylic acids is 1. The van der Waals surface area contributed by atoms with Crippen LogP contribution in [0.3, 0.4) is 0 Å². The number of hydrogen-bond acceptors (Lipinski definition) is 5. The highest BCUT2D eigenvalue weighted by Gasteiger charge is 2.18. The molecule has 2 rings (SSSR count). The van der Waals surface area contributed by atoms with Crippen molar-refractivity contribution in [1.29, 1.82) is 0 Å². The topological polar surface area (TPSA) is 110 Å². The monoisotopic (exact) mass is 304 g/mol. The van der Waals surface area contributed by atoms with E-state index >= 15 is 0 Å². The first kappa shape index (κ1) is 15.5. The number of phenolic OH excluding ortho intramolecular Hbond substituents is 1. The highest BCUT2D eigenvalue weighted by Crippen LogP contribution is 2.26. The van der Waals surface area contributed by atoms with E-state index in [0.29, 0.717) is 5.82 Å². The SMILES string of the molecule is CC(C)(C)n1ccc(NC(=O)c2ccc([N+](=O)[O-])c(O)c2)n1. The van der Waals surface area contributed by atoms with Crippen LogP contribution >= 0.6 is 0 Å². The van der Waals surface area contributed by atoms with Crippen molar-refractivity contribution in [1.82, 2.24) is 9.78 Å². The quantitative estimate of drug-likeness (QED) is 0.668. The zero-order chi connectivity index (χ0) is 16.5. The number of phenols is 1. The van der Waals surface area contributed by atoms with Crippen molar-refractivity contribution in [2.75, 3.05) is 5.32 Å². The van der Waals surface area contributed by atoms with E-state index in [4.69, 9.17) is 0 Å². The summed E-state index contributed by atoms with van der Waals surface area (Å²) in [7, 11) is 0. The number of anilines is 1. The minimum absolute atomic E-state index is 0.105. The molecule has 1 aromatic carbocycles. The van der Waals surface area contributed by atoms with Crippen molar-refractivity contribution in [2.45, 2.75) is 26.3 Å². The largest absolute Gasteiger partial charge is 0.502 e. The Morgan fingerprint density at radius 3 is 2.55 bits per heavy atom. The second kappa shape index (κ2) is 5.47. The molecular weight excluding hydrogens is 288 g/mol. The van der Waals surface area contributed by atoms with Gasteiger partial charge in [0, 0.05) is 23.9 Å². The van der Waals surface area contributed by atoms with E-state index in [2.05, 4.69) is 10.4 Å². The van der Waals surface area contributed by atoms with E-state index in [1.165, 1.54) is 6.07 Å². The Morgan fingerprint density at radius 1 is 1.36 bits per heavy atom. The Kier molecular flexibility index (Phi) is 3.85. The van der Waals surface area contributed by atoms with Gasteiger partial charge in [0.05, 0.1) is 10.5 Å². The lowest BCUT2D eigenvalue weighted by molar-refractivity contribution is -0.385. The van der Waals surface area contributed by atoms with Crippen LogP contribution in [0.2, 0.25) is 0 Å². The number of aromatic nitrogens is 2. The number of carbonyl (C=O) groups is 1. The van der Waals surface area contributed by atoms with Crippen molar-refractivity contribution in [3.05, 3.63) is 46.1 Å². The van der Waals surface area contributed by atoms with Gasteiger partial charge < -0.3 is 10.4 Å². The maximum atomic E-state index is 12.1. The predicted molar refractivity (Wildman–Crippen MR) is 79.9 cm³/mol. The van der Waals surface area contributed by atoms with Crippen LogP contribution in [0.25, 0.3) is 0 Å². The summed E-state index contributed by atoms with van der Waals surface area (Å²) in [6, 6.07) is 5.05. The van der Waals surface area contributed by atoms with Crippen molar-refractivity contribution >= 4 is 17.4 Å². The fourth-order valence-electron chi connectivity index (χ4n) is 1.77. The van der Waals surface area contributed by atoms with E-state index in [0.717, 1.165) is 12.1 Å². The Bertz CT molecular complexity index is 731. The molecule has 8 nitrogen and oxygen atoms in total. The number of amides is 1. The van der Waals surface area contributed by atoms with Crippen molar-refractivity contribution in [3.63, 3.8) is 0 Å². The predicted octanol–water partition coefficient (Wildman–Crippen LogP) is 2.50. The molecule has 1 amide bonds. The van der Waals surface area contributed by atoms with Gasteiger partial charge in [-0.15, -0.1) is 0 Å². The normalized spacial score (nSPS) is 11.2. The highest BCUT2D eigenvalue weighted by atomic mass is 16.6. The molecule has 0 aliphatic heterocycles. The maximum Gasteiger partial charge on any atom is 0.310 e. The third kappa shape index (κ3) is 3.22. The number of aromatic hydroxyl groups is 1. The van der Waals surface area contributed by atoms with Crippen LogP contribution in [0.15, 0.2) is 30.5 Å². The summed E-state index contributed by atoms with van der Waals surface area (Å²) in [5, 5.41) is 27.0. The minimum atomic E-state index is -0.720. The number of nitro groups is 1. The fraction of sp³-hybridized carbons (Fsp3) is 0.286. The van der Waals surface area contributed by atoms with Crippen LogP contribution in [0.1, 0.15) is 31.1 Å². The molecule has 116 valence electrons. The second-order valence-corrected chi connectivity index (χ2v) is 5.73. The molecular formula is C14H16N4O4. The molecule has 0 bridgehead atoms. The third-order valence-corrected chi connectivity index (χ3v) is 2.95. The van der Waals surface area contributed by atoms with Gasteiger partial charge in [-0.25, -0.2) is 0 Å². The zero-order valence-corrected chi connectivity index (χ0v) is 12.4. The lowest BCUT2D eigenvalue weighted by Crippen LogP contribution is -2.22. The molecule has 0 saturated carbocycles. The molecule has 0 fully saturated rings. The molecule has 0 aliphatic carbocycles. The number of benzene rings is 1. The second-order valence-electron chi connectivity index (χ2n) is 5.73. The number of hydrogen-bond donors (Lipinski definition) is 2. The first-order valence-corrected chi connectivity index (χ1v) is 6.53. The molecule has 0 spiro atoms.